The van der Waals surface area contributed by atoms with Crippen LogP contribution in [0.5, 0.6) is 0 Å². The lowest BCUT2D eigenvalue weighted by molar-refractivity contribution is -0.122. The van der Waals surface area contributed by atoms with Gasteiger partial charge in [0.15, 0.2) is 0 Å². The van der Waals surface area contributed by atoms with Crippen LogP contribution >= 0.6 is 12.4 Å². The third kappa shape index (κ3) is 4.02. The Hall–Kier alpha value is -1.99. The molecule has 2 aromatic rings. The molecule has 0 unspecified atom stereocenters. The van der Waals surface area contributed by atoms with Gasteiger partial charge >= 0.3 is 0 Å². The van der Waals surface area contributed by atoms with Gasteiger partial charge in [-0.05, 0) is 12.1 Å². The lowest BCUT2D eigenvalue weighted by Gasteiger charge is -2.26. The normalized spacial score (nSPS) is 14.0. The Bertz CT molecular complexity index is 623. The highest BCUT2D eigenvalue weighted by Crippen LogP contribution is 2.13. The molecule has 7 nitrogen and oxygen atoms in total. The van der Waals surface area contributed by atoms with Gasteiger partial charge in [0.05, 0.1) is 0 Å². The van der Waals surface area contributed by atoms with Crippen molar-refractivity contribution in [1.82, 2.24) is 30.8 Å². The van der Waals surface area contributed by atoms with Crippen LogP contribution in [0.2, 0.25) is 0 Å². The largest absolute Gasteiger partial charge is 0.354 e. The molecule has 2 heterocycles. The first-order valence-electron chi connectivity index (χ1n) is 7.03. The number of aryl methyl sites for hydroxylation is 1. The van der Waals surface area contributed by atoms with Crippen molar-refractivity contribution in [1.29, 1.82) is 0 Å². The molecule has 1 aromatic heterocycles. The van der Waals surface area contributed by atoms with Crippen LogP contribution in [-0.4, -0.2) is 45.7 Å². The van der Waals surface area contributed by atoms with Crippen LogP contribution in [0.1, 0.15) is 5.56 Å². The number of carbonyl (C=O) groups excluding carboxylic acids is 1. The first-order chi connectivity index (χ1) is 10.2. The van der Waals surface area contributed by atoms with Crippen molar-refractivity contribution in [3.8, 4) is 11.4 Å². The Kier molecular flexibility index (Phi) is 5.46. The van der Waals surface area contributed by atoms with Gasteiger partial charge in [-0.25, -0.2) is 0 Å². The van der Waals surface area contributed by atoms with Crippen molar-refractivity contribution < 1.29 is 4.79 Å². The molecular formula is C14H19ClN6O. The zero-order valence-electron chi connectivity index (χ0n) is 12.3. The SMILES string of the molecule is Cc1ccc(-c2nnn(CC(=O)NCC3CNC3)n2)cc1.Cl. The van der Waals surface area contributed by atoms with Gasteiger partial charge < -0.3 is 10.6 Å². The van der Waals surface area contributed by atoms with Gasteiger partial charge in [0.2, 0.25) is 11.7 Å². The molecule has 0 aliphatic carbocycles. The first-order valence-corrected chi connectivity index (χ1v) is 7.03. The topological polar surface area (TPSA) is 84.7 Å². The van der Waals surface area contributed by atoms with Crippen molar-refractivity contribution in [3.05, 3.63) is 29.8 Å². The number of rotatable bonds is 5. The zero-order chi connectivity index (χ0) is 14.7. The number of nitrogens with zero attached hydrogens (tertiary/aromatic N) is 4. The predicted molar refractivity (Wildman–Crippen MR) is 84.6 cm³/mol. The molecule has 8 heteroatoms. The fourth-order valence-corrected chi connectivity index (χ4v) is 2.06. The van der Waals surface area contributed by atoms with Gasteiger partial charge in [0, 0.05) is 31.1 Å². The second-order valence-corrected chi connectivity index (χ2v) is 5.34. The average Bonchev–Trinajstić information content (AvgIpc) is 2.86. The fraction of sp³-hybridized carbons (Fsp3) is 0.429. The lowest BCUT2D eigenvalue weighted by Crippen LogP contribution is -2.48. The Morgan fingerprint density at radius 3 is 2.73 bits per heavy atom. The number of hydrogen-bond donors (Lipinski definition) is 2. The standard InChI is InChI=1S/C14H18N6O.ClH/c1-10-2-4-12(5-3-10)14-17-19-20(18-14)9-13(21)16-8-11-6-15-7-11;/h2-5,11,15H,6-9H2,1H3,(H,16,21);1H. The second-order valence-electron chi connectivity index (χ2n) is 5.34. The number of halogens is 1. The number of tetrazole rings is 1. The monoisotopic (exact) mass is 322 g/mol. The summed E-state index contributed by atoms with van der Waals surface area (Å²) in [5, 5.41) is 18.2. The van der Waals surface area contributed by atoms with E-state index in [1.165, 1.54) is 10.4 Å². The van der Waals surface area contributed by atoms with Crippen LogP contribution < -0.4 is 10.6 Å². The Morgan fingerprint density at radius 2 is 2.09 bits per heavy atom. The van der Waals surface area contributed by atoms with Crippen LogP contribution in [0.3, 0.4) is 0 Å². The third-order valence-corrected chi connectivity index (χ3v) is 3.50. The maximum absolute atomic E-state index is 11.8. The van der Waals surface area contributed by atoms with Crippen LogP contribution in [0.25, 0.3) is 11.4 Å². The second kappa shape index (κ2) is 7.33. The van der Waals surface area contributed by atoms with Crippen molar-refractivity contribution in [2.45, 2.75) is 13.5 Å². The quantitative estimate of drug-likeness (QED) is 0.832. The highest BCUT2D eigenvalue weighted by atomic mass is 35.5. The van der Waals surface area contributed by atoms with E-state index in [1.54, 1.807) is 0 Å². The summed E-state index contributed by atoms with van der Waals surface area (Å²) in [6, 6.07) is 7.88. The van der Waals surface area contributed by atoms with E-state index in [2.05, 4.69) is 26.0 Å². The van der Waals surface area contributed by atoms with E-state index in [4.69, 9.17) is 0 Å². The summed E-state index contributed by atoms with van der Waals surface area (Å²) in [5.74, 6) is 0.988. The van der Waals surface area contributed by atoms with Crippen LogP contribution in [-0.2, 0) is 11.3 Å². The predicted octanol–water partition coefficient (Wildman–Crippen LogP) is 0.406. The van der Waals surface area contributed by atoms with Crippen LogP contribution in [0.4, 0.5) is 0 Å². The van der Waals surface area contributed by atoms with Gasteiger partial charge in [-0.2, -0.15) is 4.80 Å². The van der Waals surface area contributed by atoms with Crippen molar-refractivity contribution in [2.24, 2.45) is 5.92 Å². The zero-order valence-corrected chi connectivity index (χ0v) is 13.1. The van der Waals surface area contributed by atoms with E-state index in [9.17, 15) is 4.79 Å². The van der Waals surface area contributed by atoms with Gasteiger partial charge in [0.25, 0.3) is 0 Å². The average molecular weight is 323 g/mol. The molecule has 1 aromatic carbocycles. The minimum atomic E-state index is -0.0882. The smallest absolute Gasteiger partial charge is 0.243 e. The van der Waals surface area contributed by atoms with Crippen molar-refractivity contribution >= 4 is 18.3 Å². The van der Waals surface area contributed by atoms with Gasteiger partial charge in [-0.1, -0.05) is 29.8 Å². The third-order valence-electron chi connectivity index (χ3n) is 3.50. The molecule has 1 fully saturated rings. The highest BCUT2D eigenvalue weighted by molar-refractivity contribution is 5.85. The molecule has 0 saturated carbocycles. The fourth-order valence-electron chi connectivity index (χ4n) is 2.06. The van der Waals surface area contributed by atoms with E-state index < -0.39 is 0 Å². The van der Waals surface area contributed by atoms with Crippen molar-refractivity contribution in [2.75, 3.05) is 19.6 Å². The molecule has 2 N–H and O–H groups in total. The Morgan fingerprint density at radius 1 is 1.36 bits per heavy atom. The minimum absolute atomic E-state index is 0. The molecule has 1 saturated heterocycles. The summed E-state index contributed by atoms with van der Waals surface area (Å²) in [6.45, 7) is 4.76. The minimum Gasteiger partial charge on any atom is -0.354 e. The first kappa shape index (κ1) is 16.4. The Balaban J connectivity index is 0.00000176. The highest BCUT2D eigenvalue weighted by Gasteiger charge is 2.17. The number of nitrogens with one attached hydrogen (secondary N) is 2. The molecule has 0 bridgehead atoms. The number of aromatic nitrogens is 4. The van der Waals surface area contributed by atoms with E-state index in [-0.39, 0.29) is 24.9 Å². The van der Waals surface area contributed by atoms with Crippen molar-refractivity contribution in [3.63, 3.8) is 0 Å². The maximum atomic E-state index is 11.8. The molecule has 0 radical (unpaired) electrons. The molecule has 1 aliphatic heterocycles. The molecule has 1 aliphatic rings. The summed E-state index contributed by atoms with van der Waals surface area (Å²) < 4.78 is 0. The van der Waals surface area contributed by atoms with Gasteiger partial charge in [-0.15, -0.1) is 22.6 Å². The molecule has 0 atom stereocenters. The van der Waals surface area contributed by atoms with E-state index in [0.717, 1.165) is 18.7 Å². The number of benzene rings is 1. The van der Waals surface area contributed by atoms with Gasteiger partial charge in [0.1, 0.15) is 6.54 Å². The molecule has 0 spiro atoms. The molecule has 118 valence electrons. The summed E-state index contributed by atoms with van der Waals surface area (Å²) in [7, 11) is 0. The van der Waals surface area contributed by atoms with E-state index in [0.29, 0.717) is 18.3 Å². The number of hydrogen-bond acceptors (Lipinski definition) is 5. The number of carbonyl (C=O) groups is 1. The van der Waals surface area contributed by atoms with E-state index >= 15 is 0 Å². The van der Waals surface area contributed by atoms with Gasteiger partial charge in [-0.3, -0.25) is 4.79 Å². The summed E-state index contributed by atoms with van der Waals surface area (Å²) in [4.78, 5) is 13.1. The molecular weight excluding hydrogens is 304 g/mol. The van der Waals surface area contributed by atoms with Crippen LogP contribution in [0.15, 0.2) is 24.3 Å². The lowest BCUT2D eigenvalue weighted by atomic mass is 10.0. The Labute approximate surface area is 134 Å². The van der Waals surface area contributed by atoms with E-state index in [1.807, 2.05) is 31.2 Å². The molecule has 1 amide bonds. The summed E-state index contributed by atoms with van der Waals surface area (Å²) in [5.41, 5.74) is 2.07. The molecule has 3 rings (SSSR count). The molecule has 22 heavy (non-hydrogen) atoms. The summed E-state index contributed by atoms with van der Waals surface area (Å²) in [6.07, 6.45) is 0. The summed E-state index contributed by atoms with van der Waals surface area (Å²) >= 11 is 0. The maximum Gasteiger partial charge on any atom is 0.243 e. The number of amides is 1. The van der Waals surface area contributed by atoms with Crippen LogP contribution in [0, 0.1) is 12.8 Å².